The number of aromatic amines is 1. The van der Waals surface area contributed by atoms with Crippen molar-refractivity contribution >= 4 is 11.8 Å². The molecule has 2 aliphatic rings. The molecule has 1 saturated carbocycles. The van der Waals surface area contributed by atoms with Crippen LogP contribution in [0.2, 0.25) is 0 Å². The first-order valence-corrected chi connectivity index (χ1v) is 6.45. The number of aromatic nitrogens is 2. The van der Waals surface area contributed by atoms with Gasteiger partial charge in [0.2, 0.25) is 11.8 Å². The molecule has 3 unspecified atom stereocenters. The smallest absolute Gasteiger partial charge is 0.233 e. The number of H-pyrrole nitrogens is 1. The Hall–Kier alpha value is -1.65. The number of nitrogens with zero attached hydrogens (tertiary/aromatic N) is 2. The van der Waals surface area contributed by atoms with E-state index in [-0.39, 0.29) is 29.7 Å². The highest BCUT2D eigenvalue weighted by atomic mass is 16.2. The first kappa shape index (κ1) is 11.4. The lowest BCUT2D eigenvalue weighted by atomic mass is 10.00. The van der Waals surface area contributed by atoms with Crippen LogP contribution in [0.5, 0.6) is 0 Å². The van der Waals surface area contributed by atoms with Gasteiger partial charge in [0, 0.05) is 12.4 Å². The zero-order valence-electron chi connectivity index (χ0n) is 10.6. The molecule has 0 aromatic carbocycles. The highest BCUT2D eigenvalue weighted by Crippen LogP contribution is 2.44. The van der Waals surface area contributed by atoms with Crippen LogP contribution in [0.25, 0.3) is 0 Å². The Morgan fingerprint density at radius 2 is 1.94 bits per heavy atom. The molecule has 5 nitrogen and oxygen atoms in total. The lowest BCUT2D eigenvalue weighted by Crippen LogP contribution is -2.35. The van der Waals surface area contributed by atoms with E-state index in [1.165, 1.54) is 4.90 Å². The van der Waals surface area contributed by atoms with E-state index in [9.17, 15) is 9.59 Å². The van der Waals surface area contributed by atoms with Gasteiger partial charge in [0.05, 0.1) is 17.9 Å². The van der Waals surface area contributed by atoms with Crippen LogP contribution in [0.1, 0.15) is 38.6 Å². The minimum atomic E-state index is -0.291. The maximum absolute atomic E-state index is 12.3. The van der Waals surface area contributed by atoms with Gasteiger partial charge in [-0.25, -0.2) is 4.98 Å². The number of carbonyl (C=O) groups is 2. The average molecular weight is 247 g/mol. The summed E-state index contributed by atoms with van der Waals surface area (Å²) < 4.78 is 0. The molecule has 0 bridgehead atoms. The van der Waals surface area contributed by atoms with Crippen molar-refractivity contribution in [3.8, 4) is 0 Å². The van der Waals surface area contributed by atoms with E-state index in [1.807, 2.05) is 6.92 Å². The molecule has 1 aliphatic carbocycles. The van der Waals surface area contributed by atoms with E-state index in [4.69, 9.17) is 0 Å². The summed E-state index contributed by atoms with van der Waals surface area (Å²) in [6.07, 6.45) is 5.03. The summed E-state index contributed by atoms with van der Waals surface area (Å²) in [6.45, 7) is 3.96. The number of imidazole rings is 1. The number of nitrogens with one attached hydrogen (secondary N) is 1. The second-order valence-electron chi connectivity index (χ2n) is 5.49. The third kappa shape index (κ3) is 1.50. The zero-order valence-corrected chi connectivity index (χ0v) is 10.6. The van der Waals surface area contributed by atoms with Crippen LogP contribution in [-0.4, -0.2) is 26.7 Å². The molecule has 3 rings (SSSR count). The number of hydrogen-bond donors (Lipinski definition) is 1. The van der Waals surface area contributed by atoms with Crippen molar-refractivity contribution in [3.05, 3.63) is 18.2 Å². The number of amides is 2. The monoisotopic (exact) mass is 247 g/mol. The van der Waals surface area contributed by atoms with Crippen molar-refractivity contribution in [1.82, 2.24) is 14.9 Å². The molecule has 3 atom stereocenters. The molecule has 1 aliphatic heterocycles. The van der Waals surface area contributed by atoms with Crippen LogP contribution in [0.3, 0.4) is 0 Å². The molecule has 5 heteroatoms. The molecule has 1 N–H and O–H groups in total. The third-order valence-corrected chi connectivity index (χ3v) is 4.21. The Morgan fingerprint density at radius 3 is 2.44 bits per heavy atom. The number of carbonyl (C=O) groups excluding carboxylic acids is 2. The molecule has 1 saturated heterocycles. The summed E-state index contributed by atoms with van der Waals surface area (Å²) in [4.78, 5) is 33.2. The number of imide groups is 1. The summed E-state index contributed by atoms with van der Waals surface area (Å²) in [5, 5.41) is 0. The zero-order chi connectivity index (χ0) is 12.9. The van der Waals surface area contributed by atoms with Gasteiger partial charge in [-0.2, -0.15) is 0 Å². The number of fused-ring (bicyclic) bond motifs is 1. The highest BCUT2D eigenvalue weighted by molar-refractivity contribution is 6.05. The predicted molar refractivity (Wildman–Crippen MR) is 64.2 cm³/mol. The van der Waals surface area contributed by atoms with Crippen LogP contribution in [0, 0.1) is 17.8 Å². The van der Waals surface area contributed by atoms with Gasteiger partial charge in [-0.15, -0.1) is 0 Å². The predicted octanol–water partition coefficient (Wildman–Crippen LogP) is 1.50. The van der Waals surface area contributed by atoms with Crippen molar-refractivity contribution < 1.29 is 9.59 Å². The highest BCUT2D eigenvalue weighted by Gasteiger charge is 2.53. The normalized spacial score (nSPS) is 33.0. The van der Waals surface area contributed by atoms with Gasteiger partial charge in [0.25, 0.3) is 0 Å². The van der Waals surface area contributed by atoms with Gasteiger partial charge in [0.15, 0.2) is 0 Å². The Labute approximate surface area is 106 Å². The minimum absolute atomic E-state index is 0.0155. The quantitative estimate of drug-likeness (QED) is 0.805. The van der Waals surface area contributed by atoms with E-state index in [1.54, 1.807) is 12.4 Å². The summed E-state index contributed by atoms with van der Waals surface area (Å²) in [5.74, 6) is 0.935. The van der Waals surface area contributed by atoms with Gasteiger partial charge < -0.3 is 4.98 Å². The Kier molecular flexibility index (Phi) is 2.50. The Morgan fingerprint density at radius 1 is 1.33 bits per heavy atom. The first-order valence-electron chi connectivity index (χ1n) is 6.45. The van der Waals surface area contributed by atoms with Crippen molar-refractivity contribution in [2.75, 3.05) is 0 Å². The lowest BCUT2D eigenvalue weighted by Gasteiger charge is -2.22. The molecule has 0 radical (unpaired) electrons. The van der Waals surface area contributed by atoms with E-state index in [0.717, 1.165) is 12.8 Å². The van der Waals surface area contributed by atoms with E-state index in [2.05, 4.69) is 16.9 Å². The van der Waals surface area contributed by atoms with E-state index >= 15 is 0 Å². The first-order chi connectivity index (χ1) is 8.59. The second-order valence-corrected chi connectivity index (χ2v) is 5.49. The van der Waals surface area contributed by atoms with Gasteiger partial charge >= 0.3 is 0 Å². The van der Waals surface area contributed by atoms with Gasteiger partial charge in [-0.3, -0.25) is 14.5 Å². The van der Waals surface area contributed by atoms with E-state index in [0.29, 0.717) is 11.7 Å². The number of rotatable bonds is 2. The Balaban J connectivity index is 1.87. The molecular formula is C13H17N3O2. The van der Waals surface area contributed by atoms with Crippen molar-refractivity contribution in [1.29, 1.82) is 0 Å². The third-order valence-electron chi connectivity index (χ3n) is 4.21. The van der Waals surface area contributed by atoms with Crippen molar-refractivity contribution in [2.45, 2.75) is 32.7 Å². The SMILES string of the molecule is CC1CC2C(=O)N(C(C)c3ncc[nH]3)C(=O)C2C1. The van der Waals surface area contributed by atoms with Crippen LogP contribution in [-0.2, 0) is 9.59 Å². The lowest BCUT2D eigenvalue weighted by molar-refractivity contribution is -0.143. The minimum Gasteiger partial charge on any atom is -0.347 e. The van der Waals surface area contributed by atoms with Gasteiger partial charge in [0.1, 0.15) is 5.82 Å². The Bertz CT molecular complexity index is 458. The molecule has 2 amide bonds. The molecular weight excluding hydrogens is 230 g/mol. The molecule has 18 heavy (non-hydrogen) atoms. The fourth-order valence-electron chi connectivity index (χ4n) is 3.31. The van der Waals surface area contributed by atoms with Gasteiger partial charge in [-0.05, 0) is 25.7 Å². The molecule has 1 aromatic heterocycles. The molecule has 2 heterocycles. The summed E-state index contributed by atoms with van der Waals surface area (Å²) in [5.41, 5.74) is 0. The molecule has 96 valence electrons. The van der Waals surface area contributed by atoms with Crippen LogP contribution in [0.15, 0.2) is 12.4 Å². The number of hydrogen-bond acceptors (Lipinski definition) is 3. The van der Waals surface area contributed by atoms with Crippen LogP contribution in [0.4, 0.5) is 0 Å². The van der Waals surface area contributed by atoms with Crippen LogP contribution < -0.4 is 0 Å². The standard InChI is InChI=1S/C13H17N3O2/c1-7-5-9-10(6-7)13(18)16(12(9)17)8(2)11-14-3-4-15-11/h3-4,7-10H,5-6H2,1-2H3,(H,14,15). The maximum Gasteiger partial charge on any atom is 0.233 e. The fourth-order valence-corrected chi connectivity index (χ4v) is 3.31. The van der Waals surface area contributed by atoms with Crippen molar-refractivity contribution in [2.24, 2.45) is 17.8 Å². The number of likely N-dealkylation sites (tertiary alicyclic amines) is 1. The van der Waals surface area contributed by atoms with Gasteiger partial charge in [-0.1, -0.05) is 6.92 Å². The second kappa shape index (κ2) is 3.93. The molecule has 2 fully saturated rings. The van der Waals surface area contributed by atoms with Crippen LogP contribution >= 0.6 is 0 Å². The summed E-state index contributed by atoms with van der Waals surface area (Å²) >= 11 is 0. The summed E-state index contributed by atoms with van der Waals surface area (Å²) in [7, 11) is 0. The molecule has 1 aromatic rings. The summed E-state index contributed by atoms with van der Waals surface area (Å²) in [6, 6.07) is -0.291. The van der Waals surface area contributed by atoms with Crippen molar-refractivity contribution in [3.63, 3.8) is 0 Å². The van der Waals surface area contributed by atoms with E-state index < -0.39 is 0 Å². The maximum atomic E-state index is 12.3. The average Bonchev–Trinajstić information content (AvgIpc) is 3.00. The molecule has 0 spiro atoms. The topological polar surface area (TPSA) is 66.1 Å². The fraction of sp³-hybridized carbons (Fsp3) is 0.615. The largest absolute Gasteiger partial charge is 0.347 e.